The normalized spacial score (nSPS) is 13.0. The lowest BCUT2D eigenvalue weighted by molar-refractivity contribution is -0.167. The number of hydrogen-bond donors (Lipinski definition) is 0. The molecule has 0 radical (unpaired) electrons. The molecule has 0 spiro atoms. The molecule has 0 amide bonds. The predicted octanol–water partition coefficient (Wildman–Crippen LogP) is 16.8. The van der Waals surface area contributed by atoms with Crippen LogP contribution in [0.4, 0.5) is 0 Å². The van der Waals surface area contributed by atoms with Crippen LogP contribution in [0.15, 0.2) is 109 Å². The van der Waals surface area contributed by atoms with Gasteiger partial charge in [0, 0.05) is 19.3 Å². The Morgan fingerprint density at radius 2 is 0.635 bits per heavy atom. The fourth-order valence-electron chi connectivity index (χ4n) is 6.63. The zero-order valence-corrected chi connectivity index (χ0v) is 40.5. The summed E-state index contributed by atoms with van der Waals surface area (Å²) in [5, 5.41) is 0. The van der Waals surface area contributed by atoms with E-state index in [1.54, 1.807) is 0 Å². The fraction of sp³-hybridized carbons (Fsp3) is 0.632. The van der Waals surface area contributed by atoms with Crippen molar-refractivity contribution in [2.24, 2.45) is 0 Å². The van der Waals surface area contributed by atoms with Gasteiger partial charge >= 0.3 is 17.9 Å². The van der Waals surface area contributed by atoms with Gasteiger partial charge in [-0.25, -0.2) is 0 Å². The predicted molar refractivity (Wildman–Crippen MR) is 270 cm³/mol. The molecule has 0 bridgehead atoms. The lowest BCUT2D eigenvalue weighted by Crippen LogP contribution is -2.30. The van der Waals surface area contributed by atoms with E-state index in [2.05, 4.69) is 69.4 Å². The third-order valence-electron chi connectivity index (χ3n) is 10.4. The first-order chi connectivity index (χ1) is 31.0. The molecule has 0 N–H and O–H groups in total. The molecule has 6 heteroatoms. The van der Waals surface area contributed by atoms with E-state index in [1.807, 2.05) is 60.8 Å². The highest BCUT2D eigenvalue weighted by Crippen LogP contribution is 2.14. The first-order valence-corrected chi connectivity index (χ1v) is 25.5. The van der Waals surface area contributed by atoms with Crippen LogP contribution in [-0.2, 0) is 28.6 Å². The summed E-state index contributed by atoms with van der Waals surface area (Å²) in [6.07, 6.45) is 67.8. The second-order valence-electron chi connectivity index (χ2n) is 16.5. The second kappa shape index (κ2) is 50.7. The van der Waals surface area contributed by atoms with Gasteiger partial charge in [-0.1, -0.05) is 220 Å². The van der Waals surface area contributed by atoms with Crippen LogP contribution in [0.5, 0.6) is 0 Å². The molecule has 1 atom stereocenters. The molecule has 0 fully saturated rings. The van der Waals surface area contributed by atoms with Gasteiger partial charge in [0.15, 0.2) is 6.10 Å². The number of carbonyl (C=O) groups is 3. The SMILES string of the molecule is CC/C=C/C=C/C=C/C=C/CCCCCCCC(=O)OC(COC(=O)CCCCC/C=C/C=C/C=C/C=C/CC)COC(=O)CCCCCCCCC/C=C/CCCCCCCC. The Morgan fingerprint density at radius 3 is 1.03 bits per heavy atom. The number of hydrogen-bond acceptors (Lipinski definition) is 6. The molecule has 0 aliphatic carbocycles. The smallest absolute Gasteiger partial charge is 0.306 e. The Hall–Kier alpha value is -3.93. The van der Waals surface area contributed by atoms with Gasteiger partial charge in [0.25, 0.3) is 0 Å². The molecule has 0 aromatic carbocycles. The van der Waals surface area contributed by atoms with E-state index in [0.717, 1.165) is 96.3 Å². The van der Waals surface area contributed by atoms with Crippen LogP contribution in [0, 0.1) is 0 Å². The Balaban J connectivity index is 4.49. The summed E-state index contributed by atoms with van der Waals surface area (Å²) in [5.41, 5.74) is 0. The molecule has 63 heavy (non-hydrogen) atoms. The molecule has 0 rings (SSSR count). The minimum Gasteiger partial charge on any atom is -0.462 e. The van der Waals surface area contributed by atoms with Gasteiger partial charge in [0.2, 0.25) is 0 Å². The first-order valence-electron chi connectivity index (χ1n) is 25.5. The lowest BCUT2D eigenvalue weighted by Gasteiger charge is -2.18. The molecule has 0 aromatic rings. The molecule has 6 nitrogen and oxygen atoms in total. The summed E-state index contributed by atoms with van der Waals surface area (Å²) in [4.78, 5) is 38.0. The van der Waals surface area contributed by atoms with Crippen molar-refractivity contribution in [2.75, 3.05) is 13.2 Å². The number of allylic oxidation sites excluding steroid dienone is 18. The van der Waals surface area contributed by atoms with E-state index in [0.29, 0.717) is 12.8 Å². The summed E-state index contributed by atoms with van der Waals surface area (Å²) in [6, 6.07) is 0. The highest BCUT2D eigenvalue weighted by Gasteiger charge is 2.19. The maximum absolute atomic E-state index is 12.8. The number of rotatable bonds is 44. The molecule has 356 valence electrons. The summed E-state index contributed by atoms with van der Waals surface area (Å²) < 4.78 is 16.7. The van der Waals surface area contributed by atoms with Crippen LogP contribution in [0.25, 0.3) is 0 Å². The van der Waals surface area contributed by atoms with Crippen LogP contribution in [0.1, 0.15) is 213 Å². The van der Waals surface area contributed by atoms with E-state index < -0.39 is 6.10 Å². The molecule has 0 aromatic heterocycles. The summed E-state index contributed by atoms with van der Waals surface area (Å²) in [6.45, 7) is 6.28. The van der Waals surface area contributed by atoms with Crippen LogP contribution in [0.2, 0.25) is 0 Å². The molecule has 0 saturated carbocycles. The van der Waals surface area contributed by atoms with Gasteiger partial charge in [-0.05, 0) is 83.5 Å². The molecule has 0 aliphatic heterocycles. The fourth-order valence-corrected chi connectivity index (χ4v) is 6.63. The highest BCUT2D eigenvalue weighted by atomic mass is 16.6. The molecule has 0 aliphatic rings. The van der Waals surface area contributed by atoms with Crippen molar-refractivity contribution in [1.29, 1.82) is 0 Å². The molecule has 0 heterocycles. The van der Waals surface area contributed by atoms with Crippen molar-refractivity contribution >= 4 is 17.9 Å². The zero-order chi connectivity index (χ0) is 45.8. The number of unbranched alkanes of at least 4 members (excludes halogenated alkanes) is 21. The van der Waals surface area contributed by atoms with Crippen LogP contribution in [0.3, 0.4) is 0 Å². The maximum atomic E-state index is 12.8. The van der Waals surface area contributed by atoms with E-state index in [-0.39, 0.29) is 37.5 Å². The monoisotopic (exact) mass is 873 g/mol. The molecular formula is C57H92O6. The lowest BCUT2D eigenvalue weighted by atomic mass is 10.1. The second-order valence-corrected chi connectivity index (χ2v) is 16.5. The standard InChI is InChI=1S/C57H92O6/c1-4-7-10-13-16-19-22-25-27-28-30-32-35-38-41-44-47-50-56(59)62-53-54(52-61-55(58)49-46-43-40-37-34-31-24-21-18-15-12-9-6-3)63-57(60)51-48-45-42-39-36-33-29-26-23-20-17-14-11-8-5-2/h8-9,11-12,14-15,17-18,20-21,23-27,29,31,34,54H,4-7,10,13,16,19,22,28,30,32-33,35-53H2,1-3H3/b11-8+,12-9+,17-14+,18-15+,23-20+,24-21+,27-25+,29-26+,34-31+. The topological polar surface area (TPSA) is 78.9 Å². The Kier molecular flexibility index (Phi) is 47.5. The van der Waals surface area contributed by atoms with E-state index in [1.165, 1.54) is 77.0 Å². The maximum Gasteiger partial charge on any atom is 0.306 e. The van der Waals surface area contributed by atoms with Gasteiger partial charge in [0.05, 0.1) is 0 Å². The van der Waals surface area contributed by atoms with Crippen LogP contribution < -0.4 is 0 Å². The Bertz CT molecular complexity index is 1330. The van der Waals surface area contributed by atoms with Crippen molar-refractivity contribution in [3.8, 4) is 0 Å². The number of esters is 3. The van der Waals surface area contributed by atoms with E-state index in [4.69, 9.17) is 14.2 Å². The highest BCUT2D eigenvalue weighted by molar-refractivity contribution is 5.71. The quantitative estimate of drug-likeness (QED) is 0.0199. The van der Waals surface area contributed by atoms with Crippen molar-refractivity contribution in [2.45, 2.75) is 219 Å². The average molecular weight is 873 g/mol. The summed E-state index contributed by atoms with van der Waals surface area (Å²) in [7, 11) is 0. The van der Waals surface area contributed by atoms with Gasteiger partial charge < -0.3 is 14.2 Å². The van der Waals surface area contributed by atoms with Gasteiger partial charge in [-0.15, -0.1) is 0 Å². The summed E-state index contributed by atoms with van der Waals surface area (Å²) in [5.74, 6) is -0.979. The minimum atomic E-state index is -0.810. The van der Waals surface area contributed by atoms with Crippen molar-refractivity contribution in [3.63, 3.8) is 0 Å². The Morgan fingerprint density at radius 1 is 0.333 bits per heavy atom. The van der Waals surface area contributed by atoms with Crippen molar-refractivity contribution in [3.05, 3.63) is 109 Å². The van der Waals surface area contributed by atoms with Crippen LogP contribution >= 0.6 is 0 Å². The third-order valence-corrected chi connectivity index (χ3v) is 10.4. The van der Waals surface area contributed by atoms with E-state index >= 15 is 0 Å². The molecule has 1 unspecified atom stereocenters. The average Bonchev–Trinajstić information content (AvgIpc) is 3.28. The van der Waals surface area contributed by atoms with Gasteiger partial charge in [0.1, 0.15) is 13.2 Å². The minimum absolute atomic E-state index is 0.105. The van der Waals surface area contributed by atoms with Crippen molar-refractivity contribution < 1.29 is 28.6 Å². The zero-order valence-electron chi connectivity index (χ0n) is 40.5. The van der Waals surface area contributed by atoms with Gasteiger partial charge in [-0.3, -0.25) is 14.4 Å². The Labute approximate surface area is 387 Å². The molecule has 0 saturated heterocycles. The van der Waals surface area contributed by atoms with Crippen LogP contribution in [-0.4, -0.2) is 37.2 Å². The summed E-state index contributed by atoms with van der Waals surface area (Å²) >= 11 is 0. The third kappa shape index (κ3) is 49.0. The number of ether oxygens (including phenoxy) is 3. The largest absolute Gasteiger partial charge is 0.462 e. The number of carbonyl (C=O) groups excluding carboxylic acids is 3. The first kappa shape index (κ1) is 59.1. The van der Waals surface area contributed by atoms with E-state index in [9.17, 15) is 14.4 Å². The molecular weight excluding hydrogens is 781 g/mol. The van der Waals surface area contributed by atoms with Gasteiger partial charge in [-0.2, -0.15) is 0 Å². The van der Waals surface area contributed by atoms with Crippen molar-refractivity contribution in [1.82, 2.24) is 0 Å².